The molecule has 1 N–H and O–H groups in total. The van der Waals surface area contributed by atoms with Gasteiger partial charge in [-0.1, -0.05) is 18.2 Å². The molecule has 13 heteroatoms. The zero-order chi connectivity index (χ0) is 28.9. The molecule has 3 amide bonds. The first-order chi connectivity index (χ1) is 19.1. The molecule has 1 heterocycles. The van der Waals surface area contributed by atoms with Gasteiger partial charge in [-0.2, -0.15) is 8.42 Å². The Hall–Kier alpha value is -3.81. The lowest BCUT2D eigenvalue weighted by Crippen LogP contribution is -2.32. The van der Waals surface area contributed by atoms with Crippen LogP contribution in [0.2, 0.25) is 0 Å². The van der Waals surface area contributed by atoms with Gasteiger partial charge in [0.1, 0.15) is 11.5 Å². The van der Waals surface area contributed by atoms with E-state index < -0.39 is 21.3 Å². The molecule has 3 aromatic carbocycles. The van der Waals surface area contributed by atoms with Crippen LogP contribution >= 0.6 is 27.7 Å². The van der Waals surface area contributed by atoms with Crippen molar-refractivity contribution < 1.29 is 36.5 Å². The zero-order valence-electron chi connectivity index (χ0n) is 21.3. The average Bonchev–Trinajstić information content (AvgIpc) is 3.17. The van der Waals surface area contributed by atoms with E-state index in [4.69, 9.17) is 13.7 Å². The van der Waals surface area contributed by atoms with Crippen molar-refractivity contribution in [3.05, 3.63) is 81.7 Å². The van der Waals surface area contributed by atoms with Gasteiger partial charge in [-0.25, -0.2) is 0 Å². The smallest absolute Gasteiger partial charge is 0.339 e. The number of nitrogens with one attached hydrogen (secondary N) is 1. The fourth-order valence-corrected chi connectivity index (χ4v) is 5.98. The second-order valence-electron chi connectivity index (χ2n) is 8.27. The van der Waals surface area contributed by atoms with Gasteiger partial charge in [0, 0.05) is 12.6 Å². The van der Waals surface area contributed by atoms with Crippen LogP contribution in [0.1, 0.15) is 12.5 Å². The molecule has 0 bridgehead atoms. The summed E-state index contributed by atoms with van der Waals surface area (Å²) in [6.45, 7) is 1.49. The monoisotopic (exact) mass is 646 g/mol. The highest BCUT2D eigenvalue weighted by Gasteiger charge is 2.35. The van der Waals surface area contributed by atoms with E-state index in [2.05, 4.69) is 21.2 Å². The highest BCUT2D eigenvalue weighted by atomic mass is 79.9. The van der Waals surface area contributed by atoms with E-state index in [0.717, 1.165) is 16.7 Å². The summed E-state index contributed by atoms with van der Waals surface area (Å²) in [5, 5.41) is 2.14. The number of ether oxygens (including phenoxy) is 2. The number of hydrogen-bond donors (Lipinski definition) is 1. The Labute approximate surface area is 243 Å². The first-order valence-electron chi connectivity index (χ1n) is 11.7. The number of para-hydroxylation sites is 2. The first kappa shape index (κ1) is 29.2. The van der Waals surface area contributed by atoms with E-state index in [1.807, 2.05) is 0 Å². The lowest BCUT2D eigenvalue weighted by atomic mass is 10.2. The van der Waals surface area contributed by atoms with Crippen LogP contribution in [-0.4, -0.2) is 50.6 Å². The van der Waals surface area contributed by atoms with Crippen LogP contribution in [-0.2, 0) is 19.7 Å². The maximum absolute atomic E-state index is 12.9. The number of carbonyl (C=O) groups excluding carboxylic acids is 3. The van der Waals surface area contributed by atoms with Gasteiger partial charge < -0.3 is 19.0 Å². The van der Waals surface area contributed by atoms with E-state index in [0.29, 0.717) is 27.2 Å². The molecular weight excluding hydrogens is 624 g/mol. The Bertz CT molecular complexity index is 1590. The van der Waals surface area contributed by atoms with Crippen molar-refractivity contribution in [1.29, 1.82) is 0 Å². The number of hydrogen-bond acceptors (Lipinski definition) is 9. The highest BCUT2D eigenvalue weighted by Crippen LogP contribution is 2.35. The number of anilines is 1. The predicted octanol–water partition coefficient (Wildman–Crippen LogP) is 5.30. The summed E-state index contributed by atoms with van der Waals surface area (Å²) in [7, 11) is -2.64. The van der Waals surface area contributed by atoms with Crippen LogP contribution in [0.25, 0.3) is 6.08 Å². The van der Waals surface area contributed by atoms with Crippen molar-refractivity contribution in [2.24, 2.45) is 0 Å². The standard InChI is InChI=1S/C27H23BrN2O8S2/c1-17(31)29-19-8-10-20(11-9-19)40(34,35)38-22-12-7-18(15-21(22)28)16-25-26(32)30(27(33)39-25)13-14-37-24-6-4-3-5-23(24)36-2/h3-12,15-16H,13-14H2,1-2H3,(H,29,31)/b25-16-. The second-order valence-corrected chi connectivity index (χ2v) is 11.7. The number of methoxy groups -OCH3 is 1. The predicted molar refractivity (Wildman–Crippen MR) is 154 cm³/mol. The summed E-state index contributed by atoms with van der Waals surface area (Å²) < 4.78 is 42.0. The summed E-state index contributed by atoms with van der Waals surface area (Å²) >= 11 is 4.11. The molecule has 0 radical (unpaired) electrons. The topological polar surface area (TPSA) is 128 Å². The van der Waals surface area contributed by atoms with Crippen molar-refractivity contribution >= 4 is 66.6 Å². The molecule has 1 aliphatic rings. The summed E-state index contributed by atoms with van der Waals surface area (Å²) in [6, 6.07) is 17.2. The Morgan fingerprint density at radius 1 is 1.02 bits per heavy atom. The number of rotatable bonds is 10. The number of imide groups is 1. The summed E-state index contributed by atoms with van der Waals surface area (Å²) in [6.07, 6.45) is 1.54. The van der Waals surface area contributed by atoms with Crippen LogP contribution in [0.15, 0.2) is 81.0 Å². The Balaban J connectivity index is 1.41. The summed E-state index contributed by atoms with van der Waals surface area (Å²) in [5.41, 5.74) is 0.998. The molecule has 40 heavy (non-hydrogen) atoms. The van der Waals surface area contributed by atoms with E-state index in [1.54, 1.807) is 36.4 Å². The average molecular weight is 648 g/mol. The van der Waals surface area contributed by atoms with E-state index >= 15 is 0 Å². The van der Waals surface area contributed by atoms with E-state index in [9.17, 15) is 22.8 Å². The van der Waals surface area contributed by atoms with Gasteiger partial charge in [0.2, 0.25) is 5.91 Å². The number of thioether (sulfide) groups is 1. The van der Waals surface area contributed by atoms with Crippen molar-refractivity contribution in [3.8, 4) is 17.2 Å². The van der Waals surface area contributed by atoms with Crippen molar-refractivity contribution in [2.45, 2.75) is 11.8 Å². The molecule has 1 saturated heterocycles. The summed E-state index contributed by atoms with van der Waals surface area (Å²) in [4.78, 5) is 37.7. The minimum atomic E-state index is -4.16. The molecule has 0 aliphatic carbocycles. The lowest BCUT2D eigenvalue weighted by molar-refractivity contribution is -0.123. The number of benzene rings is 3. The Morgan fingerprint density at radius 2 is 1.73 bits per heavy atom. The SMILES string of the molecule is COc1ccccc1OCCN1C(=O)S/C(=C\c2ccc(OS(=O)(=O)c3ccc(NC(C)=O)cc3)c(Br)c2)C1=O. The van der Waals surface area contributed by atoms with Crippen LogP contribution in [0.4, 0.5) is 10.5 Å². The number of amides is 3. The number of carbonyl (C=O) groups is 3. The molecule has 0 aromatic heterocycles. The van der Waals surface area contributed by atoms with Crippen molar-refractivity contribution in [3.63, 3.8) is 0 Å². The molecule has 0 spiro atoms. The Morgan fingerprint density at radius 3 is 2.38 bits per heavy atom. The van der Waals surface area contributed by atoms with Crippen LogP contribution in [0.5, 0.6) is 17.2 Å². The normalized spacial score (nSPS) is 14.4. The lowest BCUT2D eigenvalue weighted by Gasteiger charge is -2.14. The van der Waals surface area contributed by atoms with Gasteiger partial charge in [-0.3, -0.25) is 19.3 Å². The molecular formula is C27H23BrN2O8S2. The minimum absolute atomic E-state index is 0.0321. The van der Waals surface area contributed by atoms with Crippen LogP contribution in [0.3, 0.4) is 0 Å². The molecule has 208 valence electrons. The molecule has 4 rings (SSSR count). The largest absolute Gasteiger partial charge is 0.493 e. The van der Waals surface area contributed by atoms with E-state index in [1.165, 1.54) is 50.4 Å². The highest BCUT2D eigenvalue weighted by molar-refractivity contribution is 9.10. The number of nitrogens with zero attached hydrogens (tertiary/aromatic N) is 1. The van der Waals surface area contributed by atoms with Gasteiger partial charge >= 0.3 is 10.1 Å². The van der Waals surface area contributed by atoms with Gasteiger partial charge in [-0.05, 0) is 87.9 Å². The molecule has 10 nitrogen and oxygen atoms in total. The molecule has 0 unspecified atom stereocenters. The van der Waals surface area contributed by atoms with Gasteiger partial charge in [0.25, 0.3) is 11.1 Å². The second kappa shape index (κ2) is 12.6. The van der Waals surface area contributed by atoms with Gasteiger partial charge in [-0.15, -0.1) is 0 Å². The maximum Gasteiger partial charge on any atom is 0.339 e. The molecule has 1 fully saturated rings. The molecule has 0 atom stereocenters. The van der Waals surface area contributed by atoms with Crippen molar-refractivity contribution in [1.82, 2.24) is 4.90 Å². The van der Waals surface area contributed by atoms with Crippen molar-refractivity contribution in [2.75, 3.05) is 25.6 Å². The van der Waals surface area contributed by atoms with Gasteiger partial charge in [0.05, 0.1) is 23.0 Å². The number of halogens is 1. The fourth-order valence-electron chi connectivity index (χ4n) is 3.58. The minimum Gasteiger partial charge on any atom is -0.493 e. The molecule has 3 aromatic rings. The third-order valence-corrected chi connectivity index (χ3v) is 8.21. The zero-order valence-corrected chi connectivity index (χ0v) is 24.5. The van der Waals surface area contributed by atoms with Crippen LogP contribution in [0, 0.1) is 0 Å². The summed E-state index contributed by atoms with van der Waals surface area (Å²) in [5.74, 6) is 0.342. The quantitative estimate of drug-likeness (QED) is 0.230. The third-order valence-electron chi connectivity index (χ3n) is 5.43. The molecule has 1 aliphatic heterocycles. The van der Waals surface area contributed by atoms with E-state index in [-0.39, 0.29) is 34.6 Å². The van der Waals surface area contributed by atoms with Crippen LogP contribution < -0.4 is 19.0 Å². The molecule has 0 saturated carbocycles. The maximum atomic E-state index is 12.9. The van der Waals surface area contributed by atoms with Gasteiger partial charge in [0.15, 0.2) is 17.2 Å². The third kappa shape index (κ3) is 7.03. The fraction of sp³-hybridized carbons (Fsp3) is 0.148. The first-order valence-corrected chi connectivity index (χ1v) is 14.7. The Kier molecular flexibility index (Phi) is 9.17.